The third-order valence-electron chi connectivity index (χ3n) is 1.88. The van der Waals surface area contributed by atoms with Crippen LogP contribution in [0.2, 0.25) is 0 Å². The van der Waals surface area contributed by atoms with E-state index in [1.165, 1.54) is 0 Å². The Morgan fingerprint density at radius 3 is 2.50 bits per heavy atom. The molecule has 1 aromatic carbocycles. The molecule has 2 aromatic rings. The van der Waals surface area contributed by atoms with E-state index < -0.39 is 0 Å². The number of carbonyl (C=O) groups is 1. The lowest BCUT2D eigenvalue weighted by atomic mass is 10.2. The quantitative estimate of drug-likeness (QED) is 0.742. The molecule has 0 aliphatic heterocycles. The lowest BCUT2D eigenvalue weighted by Crippen LogP contribution is -2.11. The molecule has 14 heavy (non-hydrogen) atoms. The smallest absolute Gasteiger partial charge is 0.256 e. The second-order valence-corrected chi connectivity index (χ2v) is 2.90. The zero-order chi connectivity index (χ0) is 9.80. The molecule has 3 nitrogen and oxygen atoms in total. The minimum Gasteiger partial charge on any atom is -0.348 e. The molecule has 2 rings (SSSR count). The number of H-pyrrole nitrogens is 1. The molecule has 0 aliphatic rings. The summed E-state index contributed by atoms with van der Waals surface area (Å²) in [6.07, 6.45) is 1.76. The van der Waals surface area contributed by atoms with Crippen LogP contribution in [0.3, 0.4) is 0 Å². The van der Waals surface area contributed by atoms with Crippen LogP contribution in [0.25, 0.3) is 0 Å². The SMILES string of the molecule is O=C(Nc1ccc[nH]1)c1ccccc1. The summed E-state index contributed by atoms with van der Waals surface area (Å²) in [4.78, 5) is 14.5. The standard InChI is InChI=1S/C11H10N2O/c14-11(9-5-2-1-3-6-9)13-10-7-4-8-12-10/h1-8,12H,(H,13,14). The number of aromatic nitrogens is 1. The van der Waals surface area contributed by atoms with E-state index in [0.29, 0.717) is 11.4 Å². The molecule has 1 heterocycles. The maximum atomic E-state index is 11.6. The maximum absolute atomic E-state index is 11.6. The molecule has 0 unspecified atom stereocenters. The van der Waals surface area contributed by atoms with Gasteiger partial charge in [0.15, 0.2) is 0 Å². The molecule has 1 aromatic heterocycles. The van der Waals surface area contributed by atoms with Crippen molar-refractivity contribution in [2.45, 2.75) is 0 Å². The lowest BCUT2D eigenvalue weighted by molar-refractivity contribution is 0.102. The number of amides is 1. The first-order chi connectivity index (χ1) is 6.86. The van der Waals surface area contributed by atoms with Crippen LogP contribution in [0.4, 0.5) is 5.82 Å². The van der Waals surface area contributed by atoms with Gasteiger partial charge in [-0.05, 0) is 24.3 Å². The van der Waals surface area contributed by atoms with Crippen molar-refractivity contribution in [3.05, 3.63) is 54.2 Å². The van der Waals surface area contributed by atoms with Crippen LogP contribution >= 0.6 is 0 Å². The van der Waals surface area contributed by atoms with Crippen LogP contribution in [0.1, 0.15) is 10.4 Å². The predicted molar refractivity (Wildman–Crippen MR) is 55.2 cm³/mol. The van der Waals surface area contributed by atoms with Gasteiger partial charge in [-0.15, -0.1) is 0 Å². The Bertz CT molecular complexity index is 406. The van der Waals surface area contributed by atoms with Gasteiger partial charge in [-0.1, -0.05) is 18.2 Å². The van der Waals surface area contributed by atoms with E-state index in [4.69, 9.17) is 0 Å². The molecule has 0 spiro atoms. The van der Waals surface area contributed by atoms with E-state index in [0.717, 1.165) is 0 Å². The molecule has 70 valence electrons. The first-order valence-corrected chi connectivity index (χ1v) is 4.36. The van der Waals surface area contributed by atoms with Gasteiger partial charge in [0.05, 0.1) is 0 Å². The van der Waals surface area contributed by atoms with Crippen molar-refractivity contribution < 1.29 is 4.79 Å². The highest BCUT2D eigenvalue weighted by Gasteiger charge is 2.04. The first kappa shape index (κ1) is 8.56. The largest absolute Gasteiger partial charge is 0.348 e. The summed E-state index contributed by atoms with van der Waals surface area (Å²) < 4.78 is 0. The summed E-state index contributed by atoms with van der Waals surface area (Å²) in [7, 11) is 0. The zero-order valence-corrected chi connectivity index (χ0v) is 7.53. The molecule has 0 bridgehead atoms. The number of aromatic amines is 1. The van der Waals surface area contributed by atoms with Crippen molar-refractivity contribution in [2.75, 3.05) is 5.32 Å². The van der Waals surface area contributed by atoms with Crippen molar-refractivity contribution in [3.63, 3.8) is 0 Å². The van der Waals surface area contributed by atoms with Crippen LogP contribution in [0.15, 0.2) is 48.7 Å². The molecular weight excluding hydrogens is 176 g/mol. The average molecular weight is 186 g/mol. The Kier molecular flexibility index (Phi) is 2.32. The van der Waals surface area contributed by atoms with Crippen LogP contribution in [-0.2, 0) is 0 Å². The van der Waals surface area contributed by atoms with E-state index in [1.54, 1.807) is 24.4 Å². The van der Waals surface area contributed by atoms with Crippen LogP contribution in [0.5, 0.6) is 0 Å². The molecule has 0 atom stereocenters. The van der Waals surface area contributed by atoms with Crippen molar-refractivity contribution >= 4 is 11.7 Å². The fourth-order valence-corrected chi connectivity index (χ4v) is 1.19. The third-order valence-corrected chi connectivity index (χ3v) is 1.88. The van der Waals surface area contributed by atoms with Gasteiger partial charge in [0.25, 0.3) is 5.91 Å². The number of anilines is 1. The van der Waals surface area contributed by atoms with Gasteiger partial charge in [-0.2, -0.15) is 0 Å². The highest BCUT2D eigenvalue weighted by Crippen LogP contribution is 2.05. The summed E-state index contributed by atoms with van der Waals surface area (Å²) in [5, 5.41) is 2.74. The first-order valence-electron chi connectivity index (χ1n) is 4.36. The van der Waals surface area contributed by atoms with Crippen LogP contribution in [0, 0.1) is 0 Å². The summed E-state index contributed by atoms with van der Waals surface area (Å²) in [6, 6.07) is 12.7. The number of rotatable bonds is 2. The maximum Gasteiger partial charge on any atom is 0.256 e. The van der Waals surface area contributed by atoms with Crippen molar-refractivity contribution in [3.8, 4) is 0 Å². The molecule has 2 N–H and O–H groups in total. The number of nitrogens with one attached hydrogen (secondary N) is 2. The molecule has 0 radical (unpaired) electrons. The van der Waals surface area contributed by atoms with Crippen LogP contribution in [-0.4, -0.2) is 10.9 Å². The number of benzene rings is 1. The molecule has 0 saturated heterocycles. The molecule has 0 fully saturated rings. The van der Waals surface area contributed by atoms with Gasteiger partial charge in [0, 0.05) is 11.8 Å². The summed E-state index contributed by atoms with van der Waals surface area (Å²) in [5.74, 6) is 0.604. The van der Waals surface area contributed by atoms with Gasteiger partial charge < -0.3 is 10.3 Å². The fraction of sp³-hybridized carbons (Fsp3) is 0. The Morgan fingerprint density at radius 2 is 1.86 bits per heavy atom. The van der Waals surface area contributed by atoms with Crippen molar-refractivity contribution in [1.29, 1.82) is 0 Å². The normalized spacial score (nSPS) is 9.71. The minimum absolute atomic E-state index is 0.104. The molecule has 1 amide bonds. The van der Waals surface area contributed by atoms with E-state index in [1.807, 2.05) is 24.3 Å². The van der Waals surface area contributed by atoms with Gasteiger partial charge in [0.2, 0.25) is 0 Å². The Hall–Kier alpha value is -2.03. The number of hydrogen-bond donors (Lipinski definition) is 2. The minimum atomic E-state index is -0.104. The fourth-order valence-electron chi connectivity index (χ4n) is 1.19. The number of hydrogen-bond acceptors (Lipinski definition) is 1. The topological polar surface area (TPSA) is 44.9 Å². The van der Waals surface area contributed by atoms with Gasteiger partial charge >= 0.3 is 0 Å². The monoisotopic (exact) mass is 186 g/mol. The Morgan fingerprint density at radius 1 is 1.07 bits per heavy atom. The van der Waals surface area contributed by atoms with Crippen LogP contribution < -0.4 is 5.32 Å². The number of carbonyl (C=O) groups excluding carboxylic acids is 1. The van der Waals surface area contributed by atoms with Crippen molar-refractivity contribution in [1.82, 2.24) is 4.98 Å². The highest BCUT2D eigenvalue weighted by atomic mass is 16.1. The highest BCUT2D eigenvalue weighted by molar-refractivity contribution is 6.03. The average Bonchev–Trinajstić information content (AvgIpc) is 2.72. The van der Waals surface area contributed by atoms with Crippen molar-refractivity contribution in [2.24, 2.45) is 0 Å². The summed E-state index contributed by atoms with van der Waals surface area (Å²) >= 11 is 0. The summed E-state index contributed by atoms with van der Waals surface area (Å²) in [6.45, 7) is 0. The predicted octanol–water partition coefficient (Wildman–Crippen LogP) is 2.27. The Labute approximate surface area is 81.8 Å². The lowest BCUT2D eigenvalue weighted by Gasteiger charge is -2.01. The van der Waals surface area contributed by atoms with E-state index in [2.05, 4.69) is 10.3 Å². The second kappa shape index (κ2) is 3.79. The van der Waals surface area contributed by atoms with E-state index in [9.17, 15) is 4.79 Å². The molecule has 3 heteroatoms. The molecular formula is C11H10N2O. The van der Waals surface area contributed by atoms with Gasteiger partial charge in [-0.25, -0.2) is 0 Å². The van der Waals surface area contributed by atoms with E-state index >= 15 is 0 Å². The zero-order valence-electron chi connectivity index (χ0n) is 7.53. The van der Waals surface area contributed by atoms with E-state index in [-0.39, 0.29) is 5.91 Å². The summed E-state index contributed by atoms with van der Waals surface area (Å²) in [5.41, 5.74) is 0.655. The third kappa shape index (κ3) is 1.82. The Balaban J connectivity index is 2.11. The second-order valence-electron chi connectivity index (χ2n) is 2.90. The van der Waals surface area contributed by atoms with Gasteiger partial charge in [0.1, 0.15) is 5.82 Å². The molecule has 0 aliphatic carbocycles. The molecule has 0 saturated carbocycles. The van der Waals surface area contributed by atoms with Gasteiger partial charge in [-0.3, -0.25) is 4.79 Å².